The Kier molecular flexibility index (Phi) is 1.67. The van der Waals surface area contributed by atoms with Crippen LogP contribution in [0.5, 0.6) is 0 Å². The Morgan fingerprint density at radius 1 is 1.38 bits per heavy atom. The molecule has 0 heterocycles. The molecular formula is C10H11F3. The standard InChI is InChI=1S/C10H11F3/c1-2-4-8-5-3-6-9(7-8)10(11,12)13/h3,5-7H,2,4H2,1H3/i2D2,4D2. The molecular weight excluding hydrogens is 177 g/mol. The van der Waals surface area contributed by atoms with Gasteiger partial charge >= 0.3 is 6.18 Å². The van der Waals surface area contributed by atoms with Crippen molar-refractivity contribution in [2.24, 2.45) is 0 Å². The number of halogens is 3. The number of hydrogen-bond donors (Lipinski definition) is 0. The van der Waals surface area contributed by atoms with Gasteiger partial charge in [0, 0.05) is 5.48 Å². The lowest BCUT2D eigenvalue weighted by molar-refractivity contribution is -0.137. The number of benzene rings is 1. The maximum Gasteiger partial charge on any atom is 0.416 e. The van der Waals surface area contributed by atoms with E-state index in [1.165, 1.54) is 0 Å². The molecule has 0 nitrogen and oxygen atoms in total. The van der Waals surface area contributed by atoms with Crippen molar-refractivity contribution < 1.29 is 18.7 Å². The molecule has 0 fully saturated rings. The average Bonchev–Trinajstić information content (AvgIpc) is 2.15. The van der Waals surface area contributed by atoms with Gasteiger partial charge in [0.1, 0.15) is 0 Å². The molecule has 13 heavy (non-hydrogen) atoms. The van der Waals surface area contributed by atoms with Crippen molar-refractivity contribution in [2.45, 2.75) is 25.8 Å². The van der Waals surface area contributed by atoms with Gasteiger partial charge in [-0.25, -0.2) is 0 Å². The maximum absolute atomic E-state index is 12.4. The van der Waals surface area contributed by atoms with Crippen LogP contribution in [0.1, 0.15) is 29.9 Å². The summed E-state index contributed by atoms with van der Waals surface area (Å²) in [5.74, 6) is 0. The zero-order valence-electron chi connectivity index (χ0n) is 10.9. The lowest BCUT2D eigenvalue weighted by Crippen LogP contribution is -2.05. The summed E-state index contributed by atoms with van der Waals surface area (Å²) in [7, 11) is 0. The van der Waals surface area contributed by atoms with Crippen molar-refractivity contribution in [1.82, 2.24) is 0 Å². The van der Waals surface area contributed by atoms with Gasteiger partial charge in [0.15, 0.2) is 0 Å². The van der Waals surface area contributed by atoms with E-state index in [0.29, 0.717) is 6.07 Å². The summed E-state index contributed by atoms with van der Waals surface area (Å²) in [6, 6.07) is 3.68. The van der Waals surface area contributed by atoms with Crippen molar-refractivity contribution >= 4 is 0 Å². The summed E-state index contributed by atoms with van der Waals surface area (Å²) < 4.78 is 67.0. The molecule has 0 unspecified atom stereocenters. The number of rotatable bonds is 2. The van der Waals surface area contributed by atoms with E-state index in [-0.39, 0.29) is 5.56 Å². The molecule has 0 N–H and O–H groups in total. The van der Waals surface area contributed by atoms with E-state index in [0.717, 1.165) is 25.1 Å². The van der Waals surface area contributed by atoms with Gasteiger partial charge in [-0.3, -0.25) is 0 Å². The van der Waals surface area contributed by atoms with Crippen LogP contribution in [-0.4, -0.2) is 0 Å². The van der Waals surface area contributed by atoms with Gasteiger partial charge in [-0.2, -0.15) is 13.2 Å². The lowest BCUT2D eigenvalue weighted by Gasteiger charge is -2.07. The van der Waals surface area contributed by atoms with Crippen LogP contribution in [0.15, 0.2) is 24.3 Å². The van der Waals surface area contributed by atoms with Gasteiger partial charge in [0.2, 0.25) is 0 Å². The van der Waals surface area contributed by atoms with Crippen LogP contribution in [0.2, 0.25) is 0 Å². The predicted molar refractivity (Wildman–Crippen MR) is 45.4 cm³/mol. The molecule has 1 aromatic rings. The first-order valence-electron chi connectivity index (χ1n) is 5.64. The molecule has 1 aromatic carbocycles. The molecule has 0 radical (unpaired) electrons. The second-order valence-electron chi connectivity index (χ2n) is 2.45. The summed E-state index contributed by atoms with van der Waals surface area (Å²) in [5, 5.41) is 0. The Labute approximate surface area is 81.0 Å². The average molecular weight is 192 g/mol. The van der Waals surface area contributed by atoms with Gasteiger partial charge in [-0.05, 0) is 18.0 Å². The van der Waals surface area contributed by atoms with Gasteiger partial charge in [-0.15, -0.1) is 0 Å². The molecule has 3 heteroatoms. The van der Waals surface area contributed by atoms with Crippen LogP contribution in [0.3, 0.4) is 0 Å². The lowest BCUT2D eigenvalue weighted by atomic mass is 10.1. The van der Waals surface area contributed by atoms with Crippen LogP contribution in [0.4, 0.5) is 13.2 Å². The molecule has 0 amide bonds. The fourth-order valence-corrected chi connectivity index (χ4v) is 0.918. The second-order valence-corrected chi connectivity index (χ2v) is 2.45. The summed E-state index contributed by atoms with van der Waals surface area (Å²) >= 11 is 0. The molecule has 0 aliphatic carbocycles. The van der Waals surface area contributed by atoms with Crippen molar-refractivity contribution in [3.05, 3.63) is 35.4 Å². The molecule has 1 rings (SSSR count). The maximum atomic E-state index is 12.4. The highest BCUT2D eigenvalue weighted by atomic mass is 19.4. The summed E-state index contributed by atoms with van der Waals surface area (Å²) in [4.78, 5) is 0. The minimum Gasteiger partial charge on any atom is -0.166 e. The number of alkyl halides is 3. The van der Waals surface area contributed by atoms with Crippen LogP contribution < -0.4 is 0 Å². The van der Waals surface area contributed by atoms with Crippen molar-refractivity contribution in [2.75, 3.05) is 0 Å². The topological polar surface area (TPSA) is 0 Å². The van der Waals surface area contributed by atoms with Crippen molar-refractivity contribution in [3.63, 3.8) is 0 Å². The predicted octanol–water partition coefficient (Wildman–Crippen LogP) is 3.66. The normalized spacial score (nSPS) is 18.5. The van der Waals surface area contributed by atoms with Crippen LogP contribution in [-0.2, 0) is 12.5 Å². The van der Waals surface area contributed by atoms with E-state index < -0.39 is 24.5 Å². The molecule has 0 bridgehead atoms. The molecule has 0 aliphatic heterocycles. The highest BCUT2D eigenvalue weighted by molar-refractivity contribution is 5.25. The minimum atomic E-state index is -4.56. The van der Waals surface area contributed by atoms with Gasteiger partial charge in [0.25, 0.3) is 0 Å². The molecule has 0 saturated heterocycles. The van der Waals surface area contributed by atoms with Crippen molar-refractivity contribution in [3.8, 4) is 0 Å². The highest BCUT2D eigenvalue weighted by Crippen LogP contribution is 2.29. The van der Waals surface area contributed by atoms with E-state index in [9.17, 15) is 13.2 Å². The van der Waals surface area contributed by atoms with Crippen molar-refractivity contribution in [1.29, 1.82) is 0 Å². The van der Waals surface area contributed by atoms with E-state index in [2.05, 4.69) is 0 Å². The van der Waals surface area contributed by atoms with Gasteiger partial charge < -0.3 is 0 Å². The van der Waals surface area contributed by atoms with Crippen LogP contribution in [0, 0.1) is 0 Å². The fourth-order valence-electron chi connectivity index (χ4n) is 0.918. The number of hydrogen-bond acceptors (Lipinski definition) is 0. The first-order chi connectivity index (χ1) is 7.46. The molecule has 0 aliphatic rings. The molecule has 0 saturated carbocycles. The first kappa shape index (κ1) is 5.68. The Morgan fingerprint density at radius 3 is 2.62 bits per heavy atom. The Bertz CT molecular complexity index is 407. The number of aryl methyl sites for hydroxylation is 1. The van der Waals surface area contributed by atoms with E-state index in [4.69, 9.17) is 5.48 Å². The monoisotopic (exact) mass is 192 g/mol. The molecule has 72 valence electrons. The zero-order chi connectivity index (χ0) is 13.5. The van der Waals surface area contributed by atoms with Crippen LogP contribution >= 0.6 is 0 Å². The SMILES string of the molecule is [2H]C([2H])(C)C([2H])([2H])c1cccc(C(F)(F)F)c1. The molecule has 0 aromatic heterocycles. The van der Waals surface area contributed by atoms with Gasteiger partial charge in [-0.1, -0.05) is 31.5 Å². The fraction of sp³-hybridized carbons (Fsp3) is 0.400. The summed E-state index contributed by atoms with van der Waals surface area (Å²) in [5.41, 5.74) is -1.30. The second kappa shape index (κ2) is 3.81. The quantitative estimate of drug-likeness (QED) is 0.670. The Morgan fingerprint density at radius 2 is 2.08 bits per heavy atom. The van der Waals surface area contributed by atoms with Crippen LogP contribution in [0.25, 0.3) is 0 Å². The minimum absolute atomic E-state index is 0.320. The molecule has 0 atom stereocenters. The van der Waals surface area contributed by atoms with E-state index >= 15 is 0 Å². The summed E-state index contributed by atoms with van der Waals surface area (Å²) in [6.45, 7) is 0.993. The summed E-state index contributed by atoms with van der Waals surface area (Å²) in [6.07, 6.45) is -9.31. The highest BCUT2D eigenvalue weighted by Gasteiger charge is 2.30. The third-order valence-electron chi connectivity index (χ3n) is 1.46. The third kappa shape index (κ3) is 2.76. The van der Waals surface area contributed by atoms with E-state index in [1.807, 2.05) is 0 Å². The Balaban J connectivity index is 3.26. The smallest absolute Gasteiger partial charge is 0.166 e. The Hall–Kier alpha value is -0.990. The first-order valence-corrected chi connectivity index (χ1v) is 3.64. The largest absolute Gasteiger partial charge is 0.416 e. The molecule has 0 spiro atoms. The van der Waals surface area contributed by atoms with E-state index in [1.54, 1.807) is 0 Å². The third-order valence-corrected chi connectivity index (χ3v) is 1.46. The van der Waals surface area contributed by atoms with Gasteiger partial charge in [0.05, 0.1) is 5.56 Å². The zero-order valence-corrected chi connectivity index (χ0v) is 6.94.